The van der Waals surface area contributed by atoms with Crippen molar-refractivity contribution >= 4 is 57.3 Å². The Labute approximate surface area is 174 Å². The number of esters is 1. The second-order valence-electron chi connectivity index (χ2n) is 5.97. The molecule has 4 amide bonds. The lowest BCUT2D eigenvalue weighted by molar-refractivity contribution is -0.131. The number of ether oxygens (including phenoxy) is 1. The number of carbonyl (C=O) groups excluding carboxylic acids is 4. The molecule has 0 radical (unpaired) electrons. The molecule has 1 atom stereocenters. The SMILES string of the molecule is CCOC(=O)c1cccc(N=C[C@H]2C(=O)NC(=O)N(c3ccc(Br)cc3)C2=O)c1. The molecule has 148 valence electrons. The van der Waals surface area contributed by atoms with Crippen molar-refractivity contribution in [2.24, 2.45) is 10.9 Å². The Morgan fingerprint density at radius 2 is 1.93 bits per heavy atom. The van der Waals surface area contributed by atoms with Crippen molar-refractivity contribution in [3.05, 3.63) is 58.6 Å². The summed E-state index contributed by atoms with van der Waals surface area (Å²) in [5.41, 5.74) is 0.988. The van der Waals surface area contributed by atoms with Crippen LogP contribution in [-0.2, 0) is 14.3 Å². The van der Waals surface area contributed by atoms with E-state index in [0.717, 1.165) is 15.6 Å². The zero-order valence-corrected chi connectivity index (χ0v) is 16.9. The molecule has 0 aromatic heterocycles. The highest BCUT2D eigenvalue weighted by Gasteiger charge is 2.40. The van der Waals surface area contributed by atoms with Crippen molar-refractivity contribution in [2.75, 3.05) is 11.5 Å². The van der Waals surface area contributed by atoms with Crippen molar-refractivity contribution < 1.29 is 23.9 Å². The number of hydrogen-bond acceptors (Lipinski definition) is 6. The molecule has 29 heavy (non-hydrogen) atoms. The molecular weight excluding hydrogens is 442 g/mol. The topological polar surface area (TPSA) is 105 Å². The number of barbiturate groups is 1. The van der Waals surface area contributed by atoms with Gasteiger partial charge in [-0.15, -0.1) is 0 Å². The molecule has 3 rings (SSSR count). The van der Waals surface area contributed by atoms with Gasteiger partial charge in [0.25, 0.3) is 5.91 Å². The van der Waals surface area contributed by atoms with Gasteiger partial charge in [0, 0.05) is 10.7 Å². The number of hydrogen-bond donors (Lipinski definition) is 1. The minimum atomic E-state index is -1.29. The number of aliphatic imine (C=N–C) groups is 1. The summed E-state index contributed by atoms with van der Waals surface area (Å²) in [6, 6.07) is 12.0. The maximum absolute atomic E-state index is 12.8. The van der Waals surface area contributed by atoms with Crippen LogP contribution in [0.5, 0.6) is 0 Å². The Morgan fingerprint density at radius 3 is 2.62 bits per heavy atom. The number of nitrogens with one attached hydrogen (secondary N) is 1. The van der Waals surface area contributed by atoms with Crippen LogP contribution in [-0.4, -0.2) is 36.6 Å². The van der Waals surface area contributed by atoms with Crippen LogP contribution in [0.25, 0.3) is 0 Å². The van der Waals surface area contributed by atoms with Crippen LogP contribution < -0.4 is 10.2 Å². The van der Waals surface area contributed by atoms with E-state index in [4.69, 9.17) is 4.74 Å². The standard InChI is InChI=1S/C20H16BrN3O5/c1-2-29-19(27)12-4-3-5-14(10-12)22-11-16-17(25)23-20(28)24(18(16)26)15-8-6-13(21)7-9-15/h3-11,16H,2H2,1H3,(H,23,25,28)/t16-/m0/s1. The molecule has 1 fully saturated rings. The highest BCUT2D eigenvalue weighted by Crippen LogP contribution is 2.23. The molecule has 0 bridgehead atoms. The lowest BCUT2D eigenvalue weighted by atomic mass is 10.1. The summed E-state index contributed by atoms with van der Waals surface area (Å²) in [5.74, 6) is -3.27. The number of benzene rings is 2. The molecule has 9 heteroatoms. The maximum Gasteiger partial charge on any atom is 0.338 e. The van der Waals surface area contributed by atoms with Crippen LogP contribution >= 0.6 is 15.9 Å². The quantitative estimate of drug-likeness (QED) is 0.421. The molecule has 0 unspecified atom stereocenters. The summed E-state index contributed by atoms with van der Waals surface area (Å²) in [4.78, 5) is 54.0. The van der Waals surface area contributed by atoms with Gasteiger partial charge in [-0.3, -0.25) is 19.9 Å². The van der Waals surface area contributed by atoms with E-state index in [1.54, 1.807) is 49.4 Å². The molecule has 2 aromatic carbocycles. The van der Waals surface area contributed by atoms with Crippen LogP contribution in [0.3, 0.4) is 0 Å². The van der Waals surface area contributed by atoms with Crippen molar-refractivity contribution in [1.29, 1.82) is 0 Å². The molecule has 1 heterocycles. The molecule has 1 saturated heterocycles. The molecule has 2 aromatic rings. The van der Waals surface area contributed by atoms with Gasteiger partial charge < -0.3 is 4.74 Å². The Kier molecular flexibility index (Phi) is 6.18. The largest absolute Gasteiger partial charge is 0.462 e. The zero-order valence-electron chi connectivity index (χ0n) is 15.3. The molecule has 0 spiro atoms. The smallest absolute Gasteiger partial charge is 0.338 e. The lowest BCUT2D eigenvalue weighted by Crippen LogP contribution is -2.58. The molecule has 8 nitrogen and oxygen atoms in total. The van der Waals surface area contributed by atoms with E-state index in [9.17, 15) is 19.2 Å². The van der Waals surface area contributed by atoms with Gasteiger partial charge in [0.15, 0.2) is 5.92 Å². The van der Waals surface area contributed by atoms with Gasteiger partial charge in [-0.25, -0.2) is 14.5 Å². The first-order valence-electron chi connectivity index (χ1n) is 8.66. The average molecular weight is 458 g/mol. The van der Waals surface area contributed by atoms with E-state index in [-0.39, 0.29) is 6.61 Å². The van der Waals surface area contributed by atoms with Crippen LogP contribution in [0.2, 0.25) is 0 Å². The number of anilines is 1. The van der Waals surface area contributed by atoms with Crippen LogP contribution in [0.1, 0.15) is 17.3 Å². The van der Waals surface area contributed by atoms with Gasteiger partial charge in [0.05, 0.1) is 23.5 Å². The van der Waals surface area contributed by atoms with Gasteiger partial charge in [0.1, 0.15) is 0 Å². The number of carbonyl (C=O) groups is 4. The van der Waals surface area contributed by atoms with Crippen LogP contribution in [0.15, 0.2) is 58.0 Å². The van der Waals surface area contributed by atoms with Crippen molar-refractivity contribution in [3.63, 3.8) is 0 Å². The Morgan fingerprint density at radius 1 is 1.21 bits per heavy atom. The number of urea groups is 1. The summed E-state index contributed by atoms with van der Waals surface area (Å²) < 4.78 is 5.72. The van der Waals surface area contributed by atoms with Gasteiger partial charge in [-0.2, -0.15) is 0 Å². The predicted molar refractivity (Wildman–Crippen MR) is 109 cm³/mol. The van der Waals surface area contributed by atoms with Gasteiger partial charge in [-0.1, -0.05) is 22.0 Å². The Bertz CT molecular complexity index is 1000. The summed E-state index contributed by atoms with van der Waals surface area (Å²) in [6.45, 7) is 1.94. The summed E-state index contributed by atoms with van der Waals surface area (Å²) >= 11 is 3.29. The number of nitrogens with zero attached hydrogens (tertiary/aromatic N) is 2. The van der Waals surface area contributed by atoms with Crippen molar-refractivity contribution in [2.45, 2.75) is 6.92 Å². The number of amides is 4. The monoisotopic (exact) mass is 457 g/mol. The number of halogens is 1. The summed E-state index contributed by atoms with van der Waals surface area (Å²) in [7, 11) is 0. The molecule has 1 N–H and O–H groups in total. The first-order chi connectivity index (χ1) is 13.9. The molecule has 1 aliphatic rings. The third kappa shape index (κ3) is 4.57. The van der Waals surface area contributed by atoms with E-state index in [0.29, 0.717) is 16.9 Å². The van der Waals surface area contributed by atoms with E-state index in [1.165, 1.54) is 6.07 Å². The normalized spacial score (nSPS) is 16.8. The average Bonchev–Trinajstić information content (AvgIpc) is 2.69. The third-order valence-corrected chi connectivity index (χ3v) is 4.55. The minimum absolute atomic E-state index is 0.239. The third-order valence-electron chi connectivity index (χ3n) is 4.02. The minimum Gasteiger partial charge on any atom is -0.462 e. The molecule has 0 aliphatic carbocycles. The zero-order chi connectivity index (χ0) is 21.0. The first kappa shape index (κ1) is 20.4. The van der Waals surface area contributed by atoms with Crippen LogP contribution in [0.4, 0.5) is 16.2 Å². The fourth-order valence-corrected chi connectivity index (χ4v) is 2.91. The van der Waals surface area contributed by atoms with E-state index < -0.39 is 29.7 Å². The summed E-state index contributed by atoms with van der Waals surface area (Å²) in [5, 5.41) is 2.16. The molecular formula is C20H16BrN3O5. The number of rotatable bonds is 5. The first-order valence-corrected chi connectivity index (χ1v) is 9.45. The highest BCUT2D eigenvalue weighted by molar-refractivity contribution is 9.10. The second kappa shape index (κ2) is 8.78. The van der Waals surface area contributed by atoms with E-state index >= 15 is 0 Å². The lowest BCUT2D eigenvalue weighted by Gasteiger charge is -2.28. The highest BCUT2D eigenvalue weighted by atomic mass is 79.9. The number of imide groups is 2. The fourth-order valence-electron chi connectivity index (χ4n) is 2.64. The summed E-state index contributed by atoms with van der Waals surface area (Å²) in [6.07, 6.45) is 1.15. The Hall–Kier alpha value is -3.33. The second-order valence-corrected chi connectivity index (χ2v) is 6.89. The van der Waals surface area contributed by atoms with E-state index in [1.807, 2.05) is 0 Å². The van der Waals surface area contributed by atoms with Gasteiger partial charge >= 0.3 is 12.0 Å². The van der Waals surface area contributed by atoms with Gasteiger partial charge in [-0.05, 0) is 49.4 Å². The van der Waals surface area contributed by atoms with Crippen LogP contribution in [0, 0.1) is 5.92 Å². The maximum atomic E-state index is 12.8. The predicted octanol–water partition coefficient (Wildman–Crippen LogP) is 3.23. The van der Waals surface area contributed by atoms with Gasteiger partial charge in [0.2, 0.25) is 5.91 Å². The Balaban J connectivity index is 1.84. The van der Waals surface area contributed by atoms with Crippen molar-refractivity contribution in [3.8, 4) is 0 Å². The molecule has 0 saturated carbocycles. The fraction of sp³-hybridized carbons (Fsp3) is 0.150. The van der Waals surface area contributed by atoms with Crippen molar-refractivity contribution in [1.82, 2.24) is 5.32 Å². The molecule has 1 aliphatic heterocycles. The van der Waals surface area contributed by atoms with E-state index in [2.05, 4.69) is 26.2 Å².